The van der Waals surface area contributed by atoms with Crippen LogP contribution in [0.5, 0.6) is 0 Å². The third kappa shape index (κ3) is 4.69. The van der Waals surface area contributed by atoms with Gasteiger partial charge in [-0.1, -0.05) is 32.9 Å². The second-order valence-electron chi connectivity index (χ2n) is 4.99. The third-order valence-electron chi connectivity index (χ3n) is 2.21. The topological polar surface area (TPSA) is 55.1 Å². The fourth-order valence-electron chi connectivity index (χ4n) is 1.32. The van der Waals surface area contributed by atoms with Crippen molar-refractivity contribution in [1.82, 2.24) is 0 Å². The Balaban J connectivity index is 2.63. The van der Waals surface area contributed by atoms with Gasteiger partial charge in [-0.2, -0.15) is 0 Å². The lowest BCUT2D eigenvalue weighted by Gasteiger charge is -2.17. The zero-order chi connectivity index (χ0) is 13.1. The molecule has 0 radical (unpaired) electrons. The van der Waals surface area contributed by atoms with Gasteiger partial charge in [0.25, 0.3) is 0 Å². The van der Waals surface area contributed by atoms with Gasteiger partial charge < -0.3 is 11.1 Å². The predicted molar refractivity (Wildman–Crippen MR) is 76.4 cm³/mol. The highest BCUT2D eigenvalue weighted by molar-refractivity contribution is 8.01. The van der Waals surface area contributed by atoms with Crippen LogP contribution in [0.3, 0.4) is 0 Å². The molecule has 0 aliphatic carbocycles. The Morgan fingerprint density at radius 2 is 2.06 bits per heavy atom. The summed E-state index contributed by atoms with van der Waals surface area (Å²) in [6.45, 7) is 8.20. The van der Waals surface area contributed by atoms with Crippen LogP contribution in [0.25, 0.3) is 0 Å². The summed E-state index contributed by atoms with van der Waals surface area (Å²) >= 11 is 1.62. The first kappa shape index (κ1) is 13.9. The van der Waals surface area contributed by atoms with E-state index in [4.69, 9.17) is 5.73 Å². The SMILES string of the molecule is Cc1cccc(N)c1NC(=O)CSC(C)(C)C. The number of anilines is 2. The lowest BCUT2D eigenvalue weighted by Crippen LogP contribution is -2.20. The van der Waals surface area contributed by atoms with Gasteiger partial charge in [0.2, 0.25) is 5.91 Å². The minimum absolute atomic E-state index is 0.00840. The monoisotopic (exact) mass is 252 g/mol. The zero-order valence-corrected chi connectivity index (χ0v) is 11.6. The van der Waals surface area contributed by atoms with Gasteiger partial charge in [0.1, 0.15) is 0 Å². The molecule has 0 saturated carbocycles. The molecule has 1 aromatic rings. The van der Waals surface area contributed by atoms with Crippen molar-refractivity contribution in [3.05, 3.63) is 23.8 Å². The predicted octanol–water partition coefficient (Wildman–Crippen LogP) is 3.05. The second kappa shape index (κ2) is 5.45. The highest BCUT2D eigenvalue weighted by Gasteiger charge is 2.14. The van der Waals surface area contributed by atoms with E-state index in [1.54, 1.807) is 17.8 Å². The molecule has 0 aromatic heterocycles. The van der Waals surface area contributed by atoms with E-state index >= 15 is 0 Å². The normalized spacial score (nSPS) is 11.3. The van der Waals surface area contributed by atoms with Gasteiger partial charge in [0, 0.05) is 4.75 Å². The van der Waals surface area contributed by atoms with Crippen LogP contribution < -0.4 is 11.1 Å². The molecule has 3 N–H and O–H groups in total. The van der Waals surface area contributed by atoms with Crippen LogP contribution >= 0.6 is 11.8 Å². The average molecular weight is 252 g/mol. The van der Waals surface area contributed by atoms with E-state index in [1.165, 1.54) is 0 Å². The van der Waals surface area contributed by atoms with Crippen molar-refractivity contribution in [2.45, 2.75) is 32.4 Å². The van der Waals surface area contributed by atoms with Crippen LogP contribution in [0.1, 0.15) is 26.3 Å². The van der Waals surface area contributed by atoms with Gasteiger partial charge in [-0.05, 0) is 18.6 Å². The van der Waals surface area contributed by atoms with Crippen LogP contribution in [0.2, 0.25) is 0 Å². The maximum Gasteiger partial charge on any atom is 0.234 e. The maximum absolute atomic E-state index is 11.8. The first-order valence-corrected chi connectivity index (χ1v) is 6.57. The molecule has 0 spiro atoms. The first-order chi connectivity index (χ1) is 7.79. The second-order valence-corrected chi connectivity index (χ2v) is 6.79. The molecule has 17 heavy (non-hydrogen) atoms. The lowest BCUT2D eigenvalue weighted by molar-refractivity contribution is -0.113. The lowest BCUT2D eigenvalue weighted by atomic mass is 10.1. The van der Waals surface area contributed by atoms with Crippen molar-refractivity contribution in [3.8, 4) is 0 Å². The van der Waals surface area contributed by atoms with Crippen molar-refractivity contribution in [1.29, 1.82) is 0 Å². The van der Waals surface area contributed by atoms with E-state index in [0.717, 1.165) is 11.3 Å². The van der Waals surface area contributed by atoms with E-state index < -0.39 is 0 Å². The Kier molecular flexibility index (Phi) is 4.46. The highest BCUT2D eigenvalue weighted by atomic mass is 32.2. The number of hydrogen-bond acceptors (Lipinski definition) is 3. The number of para-hydroxylation sites is 1. The quantitative estimate of drug-likeness (QED) is 0.813. The summed E-state index contributed by atoms with van der Waals surface area (Å²) < 4.78 is 0.0919. The summed E-state index contributed by atoms with van der Waals surface area (Å²) in [5.74, 6) is 0.433. The number of nitrogen functional groups attached to an aromatic ring is 1. The molecule has 94 valence electrons. The maximum atomic E-state index is 11.8. The molecular weight excluding hydrogens is 232 g/mol. The van der Waals surface area contributed by atoms with Crippen molar-refractivity contribution in [3.63, 3.8) is 0 Å². The summed E-state index contributed by atoms with van der Waals surface area (Å²) in [5.41, 5.74) is 8.15. The fourth-order valence-corrected chi connectivity index (χ4v) is 1.96. The minimum Gasteiger partial charge on any atom is -0.397 e. The van der Waals surface area contributed by atoms with Crippen molar-refractivity contribution < 1.29 is 4.79 Å². The molecule has 1 aromatic carbocycles. The third-order valence-corrected chi connectivity index (χ3v) is 3.48. The van der Waals surface area contributed by atoms with Crippen LogP contribution in [0.4, 0.5) is 11.4 Å². The Morgan fingerprint density at radius 3 is 2.59 bits per heavy atom. The number of nitrogens with two attached hydrogens (primary N) is 1. The van der Waals surface area contributed by atoms with Crippen molar-refractivity contribution in [2.24, 2.45) is 0 Å². The Hall–Kier alpha value is -1.16. The van der Waals surface area contributed by atoms with Crippen molar-refractivity contribution in [2.75, 3.05) is 16.8 Å². The van der Waals surface area contributed by atoms with Gasteiger partial charge in [-0.3, -0.25) is 4.79 Å². The summed E-state index contributed by atoms with van der Waals surface area (Å²) in [4.78, 5) is 11.8. The number of nitrogens with one attached hydrogen (secondary N) is 1. The molecule has 1 amide bonds. The van der Waals surface area contributed by atoms with Crippen LogP contribution in [-0.4, -0.2) is 16.4 Å². The molecule has 0 atom stereocenters. The molecule has 3 nitrogen and oxygen atoms in total. The first-order valence-electron chi connectivity index (χ1n) is 5.58. The summed E-state index contributed by atoms with van der Waals surface area (Å²) in [6, 6.07) is 5.60. The number of carbonyl (C=O) groups excluding carboxylic acids is 1. The largest absolute Gasteiger partial charge is 0.397 e. The van der Waals surface area contributed by atoms with Gasteiger partial charge in [-0.15, -0.1) is 11.8 Å². The summed E-state index contributed by atoms with van der Waals surface area (Å²) in [7, 11) is 0. The van der Waals surface area contributed by atoms with E-state index in [-0.39, 0.29) is 10.7 Å². The number of rotatable bonds is 3. The minimum atomic E-state index is -0.00840. The van der Waals surface area contributed by atoms with E-state index in [1.807, 2.05) is 19.1 Å². The number of thioether (sulfide) groups is 1. The molecular formula is C13H20N2OS. The smallest absolute Gasteiger partial charge is 0.234 e. The standard InChI is InChI=1S/C13H20N2OS/c1-9-6-5-7-10(14)12(9)15-11(16)8-17-13(2,3)4/h5-7H,8,14H2,1-4H3,(H,15,16). The summed E-state index contributed by atoms with van der Waals surface area (Å²) in [5, 5.41) is 2.87. The Labute approximate surface area is 107 Å². The molecule has 0 bridgehead atoms. The summed E-state index contributed by atoms with van der Waals surface area (Å²) in [6.07, 6.45) is 0. The molecule has 0 aliphatic heterocycles. The van der Waals surface area contributed by atoms with Crippen molar-refractivity contribution >= 4 is 29.0 Å². The fraction of sp³-hybridized carbons (Fsp3) is 0.462. The van der Waals surface area contributed by atoms with E-state index in [9.17, 15) is 4.79 Å². The molecule has 0 fully saturated rings. The molecule has 1 rings (SSSR count). The Bertz CT molecular complexity index is 390. The molecule has 0 aliphatic rings. The number of hydrogen-bond donors (Lipinski definition) is 2. The van der Waals surface area contributed by atoms with Crippen LogP contribution in [-0.2, 0) is 4.79 Å². The number of carbonyl (C=O) groups is 1. The highest BCUT2D eigenvalue weighted by Crippen LogP contribution is 2.25. The number of amides is 1. The van der Waals surface area contributed by atoms with Crippen LogP contribution in [0, 0.1) is 6.92 Å². The van der Waals surface area contributed by atoms with Gasteiger partial charge >= 0.3 is 0 Å². The Morgan fingerprint density at radius 1 is 1.41 bits per heavy atom. The van der Waals surface area contributed by atoms with Gasteiger partial charge in [0.05, 0.1) is 17.1 Å². The molecule has 0 saturated heterocycles. The zero-order valence-electron chi connectivity index (χ0n) is 10.8. The van der Waals surface area contributed by atoms with Gasteiger partial charge in [-0.25, -0.2) is 0 Å². The number of benzene rings is 1. The van der Waals surface area contributed by atoms with E-state index in [2.05, 4.69) is 26.1 Å². The average Bonchev–Trinajstić information content (AvgIpc) is 2.20. The van der Waals surface area contributed by atoms with Gasteiger partial charge in [0.15, 0.2) is 0 Å². The number of aryl methyl sites for hydroxylation is 1. The molecule has 4 heteroatoms. The van der Waals surface area contributed by atoms with E-state index in [0.29, 0.717) is 11.4 Å². The molecule has 0 heterocycles. The molecule has 0 unspecified atom stereocenters. The van der Waals surface area contributed by atoms with Crippen LogP contribution in [0.15, 0.2) is 18.2 Å².